The Bertz CT molecular complexity index is 343. The van der Waals surface area contributed by atoms with Gasteiger partial charge in [-0.2, -0.15) is 0 Å². The highest BCUT2D eigenvalue weighted by atomic mass is 16.5. The van der Waals surface area contributed by atoms with Gasteiger partial charge in [0.25, 0.3) is 0 Å². The van der Waals surface area contributed by atoms with E-state index in [2.05, 4.69) is 12.2 Å². The number of esters is 1. The van der Waals surface area contributed by atoms with Crippen LogP contribution >= 0.6 is 0 Å². The number of hydrogen-bond acceptors (Lipinski definition) is 4. The molecule has 3 unspecified atom stereocenters. The van der Waals surface area contributed by atoms with Crippen LogP contribution in [-0.2, 0) is 14.3 Å². The Morgan fingerprint density at radius 3 is 2.52 bits per heavy atom. The Labute approximate surface area is 129 Å². The predicted octanol–water partition coefficient (Wildman–Crippen LogP) is 3.05. The van der Waals surface area contributed by atoms with Crippen molar-refractivity contribution in [1.29, 1.82) is 0 Å². The standard InChI is InChI=1S/C17H31NO3/c1-4-13-8-6-7-9-15(13)21-12-17(3,16(19)20-5-2)18-14-10-11-14/h13-15,18H,4-12H2,1-3H3. The van der Waals surface area contributed by atoms with Crippen molar-refractivity contribution in [2.45, 2.75) is 83.4 Å². The van der Waals surface area contributed by atoms with E-state index in [-0.39, 0.29) is 5.97 Å². The molecular formula is C17H31NO3. The average Bonchev–Trinajstić information content (AvgIpc) is 3.29. The molecule has 2 saturated carbocycles. The molecule has 0 radical (unpaired) electrons. The summed E-state index contributed by atoms with van der Waals surface area (Å²) in [6.07, 6.45) is 8.71. The minimum atomic E-state index is -0.701. The molecule has 2 aliphatic rings. The molecule has 2 aliphatic carbocycles. The Hall–Kier alpha value is -0.610. The smallest absolute Gasteiger partial charge is 0.328 e. The van der Waals surface area contributed by atoms with E-state index in [1.165, 1.54) is 19.3 Å². The van der Waals surface area contributed by atoms with Crippen molar-refractivity contribution in [1.82, 2.24) is 5.32 Å². The van der Waals surface area contributed by atoms with Crippen molar-refractivity contribution >= 4 is 5.97 Å². The van der Waals surface area contributed by atoms with E-state index in [0.29, 0.717) is 31.3 Å². The summed E-state index contributed by atoms with van der Waals surface area (Å²) in [7, 11) is 0. The van der Waals surface area contributed by atoms with Gasteiger partial charge in [-0.15, -0.1) is 0 Å². The van der Waals surface area contributed by atoms with Crippen LogP contribution in [0.5, 0.6) is 0 Å². The molecule has 0 aromatic heterocycles. The lowest BCUT2D eigenvalue weighted by atomic mass is 9.84. The first-order chi connectivity index (χ1) is 10.1. The van der Waals surface area contributed by atoms with Gasteiger partial charge < -0.3 is 9.47 Å². The van der Waals surface area contributed by atoms with Gasteiger partial charge in [-0.1, -0.05) is 26.2 Å². The number of ether oxygens (including phenoxy) is 2. The number of rotatable bonds is 8. The molecule has 4 heteroatoms. The van der Waals surface area contributed by atoms with Gasteiger partial charge in [0.1, 0.15) is 5.54 Å². The summed E-state index contributed by atoms with van der Waals surface area (Å²) in [6, 6.07) is 0.455. The second-order valence-electron chi connectivity index (χ2n) is 6.77. The molecule has 21 heavy (non-hydrogen) atoms. The fourth-order valence-electron chi connectivity index (χ4n) is 3.26. The molecule has 0 aromatic rings. The molecule has 0 saturated heterocycles. The average molecular weight is 297 g/mol. The number of carbonyl (C=O) groups excluding carboxylic acids is 1. The van der Waals surface area contributed by atoms with Crippen LogP contribution in [0.4, 0.5) is 0 Å². The zero-order valence-electron chi connectivity index (χ0n) is 13.8. The van der Waals surface area contributed by atoms with Crippen LogP contribution in [0.2, 0.25) is 0 Å². The lowest BCUT2D eigenvalue weighted by molar-refractivity contribution is -0.155. The van der Waals surface area contributed by atoms with Gasteiger partial charge >= 0.3 is 5.97 Å². The molecule has 1 N–H and O–H groups in total. The van der Waals surface area contributed by atoms with Crippen molar-refractivity contribution in [2.24, 2.45) is 5.92 Å². The summed E-state index contributed by atoms with van der Waals surface area (Å²) in [6.45, 7) is 6.85. The Morgan fingerprint density at radius 2 is 1.90 bits per heavy atom. The fraction of sp³-hybridized carbons (Fsp3) is 0.941. The quantitative estimate of drug-likeness (QED) is 0.700. The summed E-state index contributed by atoms with van der Waals surface area (Å²) in [5, 5.41) is 3.42. The number of hydrogen-bond donors (Lipinski definition) is 1. The highest BCUT2D eigenvalue weighted by molar-refractivity contribution is 5.80. The van der Waals surface area contributed by atoms with Gasteiger partial charge in [0.15, 0.2) is 0 Å². The number of carbonyl (C=O) groups is 1. The van der Waals surface area contributed by atoms with Crippen LogP contribution in [0.1, 0.15) is 65.7 Å². The van der Waals surface area contributed by atoms with Gasteiger partial charge in [0.2, 0.25) is 0 Å². The van der Waals surface area contributed by atoms with E-state index in [9.17, 15) is 4.79 Å². The van der Waals surface area contributed by atoms with Crippen LogP contribution in [0.25, 0.3) is 0 Å². The molecule has 4 nitrogen and oxygen atoms in total. The van der Waals surface area contributed by atoms with E-state index in [1.807, 2.05) is 13.8 Å². The molecule has 3 atom stereocenters. The Morgan fingerprint density at radius 1 is 1.19 bits per heavy atom. The molecular weight excluding hydrogens is 266 g/mol. The largest absolute Gasteiger partial charge is 0.465 e. The van der Waals surface area contributed by atoms with Gasteiger partial charge in [0, 0.05) is 6.04 Å². The van der Waals surface area contributed by atoms with Gasteiger partial charge in [-0.05, 0) is 45.4 Å². The van der Waals surface area contributed by atoms with E-state index in [1.54, 1.807) is 0 Å². The highest BCUT2D eigenvalue weighted by Crippen LogP contribution is 2.30. The van der Waals surface area contributed by atoms with Gasteiger partial charge in [-0.3, -0.25) is 5.32 Å². The van der Waals surface area contributed by atoms with E-state index in [0.717, 1.165) is 25.7 Å². The maximum Gasteiger partial charge on any atom is 0.328 e. The molecule has 0 bridgehead atoms. The van der Waals surface area contributed by atoms with Crippen LogP contribution in [0.15, 0.2) is 0 Å². The minimum Gasteiger partial charge on any atom is -0.465 e. The van der Waals surface area contributed by atoms with E-state index >= 15 is 0 Å². The first kappa shape index (κ1) is 16.8. The monoisotopic (exact) mass is 297 g/mol. The second kappa shape index (κ2) is 7.59. The summed E-state index contributed by atoms with van der Waals surface area (Å²) >= 11 is 0. The molecule has 0 spiro atoms. The van der Waals surface area contributed by atoms with Crippen molar-refractivity contribution in [3.8, 4) is 0 Å². The molecule has 0 amide bonds. The molecule has 2 rings (SSSR count). The lowest BCUT2D eigenvalue weighted by Crippen LogP contribution is -2.55. The summed E-state index contributed by atoms with van der Waals surface area (Å²) in [4.78, 5) is 12.3. The molecule has 2 fully saturated rings. The predicted molar refractivity (Wildman–Crippen MR) is 83.2 cm³/mol. The van der Waals surface area contributed by atoms with Crippen molar-refractivity contribution in [3.05, 3.63) is 0 Å². The van der Waals surface area contributed by atoms with Crippen LogP contribution < -0.4 is 5.32 Å². The third-order valence-corrected chi connectivity index (χ3v) is 4.78. The Kier molecular flexibility index (Phi) is 6.06. The third-order valence-electron chi connectivity index (χ3n) is 4.78. The molecule has 0 aromatic carbocycles. The maximum absolute atomic E-state index is 12.3. The van der Waals surface area contributed by atoms with Crippen LogP contribution in [0, 0.1) is 5.92 Å². The van der Waals surface area contributed by atoms with E-state index in [4.69, 9.17) is 9.47 Å². The molecule has 0 aliphatic heterocycles. The topological polar surface area (TPSA) is 47.6 Å². The normalized spacial score (nSPS) is 28.9. The van der Waals surface area contributed by atoms with Crippen LogP contribution in [0.3, 0.4) is 0 Å². The molecule has 0 heterocycles. The lowest BCUT2D eigenvalue weighted by Gasteiger charge is -2.35. The summed E-state index contributed by atoms with van der Waals surface area (Å²) in [5.74, 6) is 0.465. The van der Waals surface area contributed by atoms with Crippen molar-refractivity contribution in [3.63, 3.8) is 0 Å². The zero-order chi connectivity index (χ0) is 15.3. The first-order valence-electron chi connectivity index (χ1n) is 8.65. The van der Waals surface area contributed by atoms with Crippen molar-refractivity contribution < 1.29 is 14.3 Å². The van der Waals surface area contributed by atoms with E-state index < -0.39 is 5.54 Å². The number of nitrogens with one attached hydrogen (secondary N) is 1. The fourth-order valence-corrected chi connectivity index (χ4v) is 3.26. The first-order valence-corrected chi connectivity index (χ1v) is 8.65. The highest BCUT2D eigenvalue weighted by Gasteiger charge is 2.41. The SMILES string of the molecule is CCOC(=O)C(C)(COC1CCCCC1CC)NC1CC1. The second-order valence-corrected chi connectivity index (χ2v) is 6.77. The maximum atomic E-state index is 12.3. The summed E-state index contributed by atoms with van der Waals surface area (Å²) < 4.78 is 11.4. The van der Waals surface area contributed by atoms with Gasteiger partial charge in [0.05, 0.1) is 19.3 Å². The third kappa shape index (κ3) is 4.68. The van der Waals surface area contributed by atoms with Crippen LogP contribution in [-0.4, -0.2) is 36.9 Å². The molecule has 122 valence electrons. The zero-order valence-corrected chi connectivity index (χ0v) is 13.8. The van der Waals surface area contributed by atoms with Gasteiger partial charge in [-0.25, -0.2) is 4.79 Å². The summed E-state index contributed by atoms with van der Waals surface area (Å²) in [5.41, 5.74) is -0.701. The van der Waals surface area contributed by atoms with Crippen molar-refractivity contribution in [2.75, 3.05) is 13.2 Å². The minimum absolute atomic E-state index is 0.180. The Balaban J connectivity index is 1.92.